The number of hydrogen-bond acceptors (Lipinski definition) is 7. The fraction of sp³-hybridized carbons (Fsp3) is 0.480. The second-order valence-corrected chi connectivity index (χ2v) is 9.37. The number of ether oxygens (including phenoxy) is 2. The van der Waals surface area contributed by atoms with E-state index >= 15 is 0 Å². The molecular weight excluding hydrogens is 550 g/mol. The number of piperazine rings is 1. The van der Waals surface area contributed by atoms with Gasteiger partial charge >= 0.3 is 12.5 Å². The largest absolute Gasteiger partial charge is 0.573 e. The second-order valence-electron chi connectivity index (χ2n) is 9.37. The van der Waals surface area contributed by atoms with Gasteiger partial charge in [-0.1, -0.05) is 6.07 Å². The lowest BCUT2D eigenvalue weighted by molar-refractivity contribution is -0.388. The first-order chi connectivity index (χ1) is 18.8. The highest BCUT2D eigenvalue weighted by Gasteiger charge is 2.39. The van der Waals surface area contributed by atoms with Crippen LogP contribution in [0.25, 0.3) is 0 Å². The van der Waals surface area contributed by atoms with Gasteiger partial charge in [-0.15, -0.1) is 13.2 Å². The Hall–Kier alpha value is -3.75. The minimum absolute atomic E-state index is 0.171. The van der Waals surface area contributed by atoms with Crippen molar-refractivity contribution in [2.24, 2.45) is 0 Å². The molecule has 0 aliphatic carbocycles. The third-order valence-electron chi connectivity index (χ3n) is 6.78. The van der Waals surface area contributed by atoms with Crippen molar-refractivity contribution in [3.05, 3.63) is 58.1 Å². The summed E-state index contributed by atoms with van der Waals surface area (Å²) in [7, 11) is 0. The van der Waals surface area contributed by atoms with Crippen molar-refractivity contribution in [1.82, 2.24) is 4.90 Å². The molecule has 2 heterocycles. The number of benzene rings is 2. The molecule has 0 atom stereocenters. The highest BCUT2D eigenvalue weighted by atomic mass is 19.4. The number of halogens is 6. The van der Waals surface area contributed by atoms with Gasteiger partial charge in [-0.05, 0) is 37.1 Å². The molecular formula is C25H26F6N4O5. The normalized spacial score (nSPS) is 17.2. The van der Waals surface area contributed by atoms with Gasteiger partial charge in [0.15, 0.2) is 0 Å². The van der Waals surface area contributed by atoms with Crippen LogP contribution in [0.2, 0.25) is 0 Å². The van der Waals surface area contributed by atoms with Crippen molar-refractivity contribution in [1.29, 1.82) is 0 Å². The fourth-order valence-corrected chi connectivity index (χ4v) is 4.76. The second kappa shape index (κ2) is 11.8. The van der Waals surface area contributed by atoms with Gasteiger partial charge in [0.25, 0.3) is 5.69 Å². The van der Waals surface area contributed by atoms with Crippen LogP contribution in [0.4, 0.5) is 43.4 Å². The molecule has 0 radical (unpaired) electrons. The average Bonchev–Trinajstić information content (AvgIpc) is 2.90. The molecule has 0 saturated carbocycles. The van der Waals surface area contributed by atoms with Crippen LogP contribution in [0, 0.1) is 10.1 Å². The summed E-state index contributed by atoms with van der Waals surface area (Å²) in [5.74, 6) is -0.557. The van der Waals surface area contributed by atoms with Crippen molar-refractivity contribution in [2.45, 2.75) is 31.5 Å². The van der Waals surface area contributed by atoms with Gasteiger partial charge < -0.3 is 24.2 Å². The molecule has 2 aromatic rings. The van der Waals surface area contributed by atoms with E-state index in [2.05, 4.69) is 4.74 Å². The Morgan fingerprint density at radius 2 is 1.52 bits per heavy atom. The molecule has 0 N–H and O–H groups in total. The van der Waals surface area contributed by atoms with E-state index in [1.54, 1.807) is 15.9 Å². The number of nitro benzene ring substituents is 1. The number of hydrogen-bond donors (Lipinski definition) is 0. The molecule has 2 saturated heterocycles. The number of piperidine rings is 1. The van der Waals surface area contributed by atoms with Gasteiger partial charge in [-0.3, -0.25) is 14.9 Å². The van der Waals surface area contributed by atoms with Gasteiger partial charge in [0.05, 0.1) is 11.0 Å². The Bertz CT molecular complexity index is 1210. The lowest BCUT2D eigenvalue weighted by Crippen LogP contribution is -2.50. The smallest absolute Gasteiger partial charge is 0.406 e. The van der Waals surface area contributed by atoms with Crippen LogP contribution in [-0.2, 0) is 15.7 Å². The lowest BCUT2D eigenvalue weighted by atomic mass is 10.1. The third-order valence-corrected chi connectivity index (χ3v) is 6.78. The van der Waals surface area contributed by atoms with Crippen LogP contribution in [0.1, 0.15) is 18.4 Å². The molecule has 9 nitrogen and oxygen atoms in total. The monoisotopic (exact) mass is 576 g/mol. The van der Waals surface area contributed by atoms with Crippen molar-refractivity contribution in [3.8, 4) is 5.75 Å². The van der Waals surface area contributed by atoms with Crippen molar-refractivity contribution < 1.29 is 45.5 Å². The van der Waals surface area contributed by atoms with Gasteiger partial charge in [-0.25, -0.2) is 0 Å². The van der Waals surface area contributed by atoms with Crippen LogP contribution in [0.15, 0.2) is 42.5 Å². The lowest BCUT2D eigenvalue weighted by Gasteiger charge is -2.37. The van der Waals surface area contributed by atoms with Crippen LogP contribution in [-0.4, -0.2) is 74.1 Å². The summed E-state index contributed by atoms with van der Waals surface area (Å²) in [6.45, 7) is 2.06. The summed E-state index contributed by atoms with van der Waals surface area (Å²) in [6.07, 6.45) is -9.03. The average molecular weight is 576 g/mol. The van der Waals surface area contributed by atoms with E-state index in [1.165, 1.54) is 24.3 Å². The van der Waals surface area contributed by atoms with Gasteiger partial charge in [0, 0.05) is 62.8 Å². The number of carbonyl (C=O) groups is 1. The van der Waals surface area contributed by atoms with E-state index in [0.29, 0.717) is 57.8 Å². The first kappa shape index (κ1) is 29.2. The molecule has 2 aromatic carbocycles. The maximum atomic E-state index is 13.3. The summed E-state index contributed by atoms with van der Waals surface area (Å²) in [5.41, 5.74) is -1.53. The van der Waals surface area contributed by atoms with Gasteiger partial charge in [-0.2, -0.15) is 13.2 Å². The molecule has 0 aromatic heterocycles. The molecule has 0 unspecified atom stereocenters. The summed E-state index contributed by atoms with van der Waals surface area (Å²) in [4.78, 5) is 27.7. The predicted molar refractivity (Wildman–Crippen MR) is 131 cm³/mol. The standard InChI is InChI=1S/C25H26F6N4O5/c26-24(27,28)21-15-18(4-5-22(21)35(37)38)32-8-6-19(7-9-32)39-16-23(36)34-12-10-33(11-13-34)17-2-1-3-20(14-17)40-25(29,30)31/h1-5,14-15,19H,6-13,16H2. The van der Waals surface area contributed by atoms with Crippen molar-refractivity contribution in [3.63, 3.8) is 0 Å². The van der Waals surface area contributed by atoms with Crippen molar-refractivity contribution in [2.75, 3.05) is 55.7 Å². The molecule has 15 heteroatoms. The van der Waals surface area contributed by atoms with Crippen LogP contribution in [0.3, 0.4) is 0 Å². The number of nitro groups is 1. The highest BCUT2D eigenvalue weighted by Crippen LogP contribution is 2.39. The van der Waals surface area contributed by atoms with Crippen LogP contribution in [0.5, 0.6) is 5.75 Å². The number of carbonyl (C=O) groups excluding carboxylic acids is 1. The Morgan fingerprint density at radius 1 is 0.900 bits per heavy atom. The molecule has 4 rings (SSSR count). The summed E-state index contributed by atoms with van der Waals surface area (Å²) >= 11 is 0. The number of amides is 1. The van der Waals surface area contributed by atoms with Gasteiger partial charge in [0.1, 0.15) is 17.9 Å². The first-order valence-electron chi connectivity index (χ1n) is 12.4. The number of nitrogens with zero attached hydrogens (tertiary/aromatic N) is 4. The van der Waals surface area contributed by atoms with Crippen LogP contribution < -0.4 is 14.5 Å². The summed E-state index contributed by atoms with van der Waals surface area (Å²) < 4.78 is 87.1. The fourth-order valence-electron chi connectivity index (χ4n) is 4.76. The minimum atomic E-state index is -4.86. The van der Waals surface area contributed by atoms with E-state index < -0.39 is 28.7 Å². The molecule has 0 bridgehead atoms. The molecule has 0 spiro atoms. The summed E-state index contributed by atoms with van der Waals surface area (Å²) in [5, 5.41) is 11.0. The maximum absolute atomic E-state index is 13.3. The third kappa shape index (κ3) is 7.46. The number of anilines is 2. The Kier molecular flexibility index (Phi) is 8.61. The number of alkyl halides is 6. The summed E-state index contributed by atoms with van der Waals surface area (Å²) in [6, 6.07) is 8.55. The molecule has 218 valence electrons. The van der Waals surface area contributed by atoms with E-state index in [1.807, 2.05) is 4.90 Å². The topological polar surface area (TPSA) is 88.4 Å². The van der Waals surface area contributed by atoms with Gasteiger partial charge in [0.2, 0.25) is 5.91 Å². The van der Waals surface area contributed by atoms with Crippen LogP contribution >= 0.6 is 0 Å². The van der Waals surface area contributed by atoms with E-state index in [4.69, 9.17) is 4.74 Å². The first-order valence-corrected chi connectivity index (χ1v) is 12.4. The zero-order chi connectivity index (χ0) is 29.1. The zero-order valence-electron chi connectivity index (χ0n) is 21.1. The molecule has 40 heavy (non-hydrogen) atoms. The molecule has 2 fully saturated rings. The SMILES string of the molecule is O=C(COC1CCN(c2ccc([N+](=O)[O-])c(C(F)(F)F)c2)CC1)N1CCN(c2cccc(OC(F)(F)F)c2)CC1. The quantitative estimate of drug-likeness (QED) is 0.265. The predicted octanol–water partition coefficient (Wildman–Crippen LogP) is 4.85. The van der Waals surface area contributed by atoms with E-state index in [9.17, 15) is 41.3 Å². The molecule has 2 aliphatic heterocycles. The number of rotatable bonds is 7. The minimum Gasteiger partial charge on any atom is -0.406 e. The molecule has 2 aliphatic rings. The Labute approximate surface area is 225 Å². The zero-order valence-corrected chi connectivity index (χ0v) is 21.1. The highest BCUT2D eigenvalue weighted by molar-refractivity contribution is 5.77. The molecule has 1 amide bonds. The van der Waals surface area contributed by atoms with Crippen molar-refractivity contribution >= 4 is 23.0 Å². The Balaban J connectivity index is 1.23. The maximum Gasteiger partial charge on any atom is 0.573 e. The Morgan fingerprint density at radius 3 is 2.12 bits per heavy atom. The van der Waals surface area contributed by atoms with E-state index in [-0.39, 0.29) is 30.1 Å². The van der Waals surface area contributed by atoms with E-state index in [0.717, 1.165) is 12.1 Å².